The molecule has 0 aliphatic carbocycles. The molecule has 0 radical (unpaired) electrons. The second kappa shape index (κ2) is 8.15. The quantitative estimate of drug-likeness (QED) is 0.673. The second-order valence-electron chi connectivity index (χ2n) is 5.70. The van der Waals surface area contributed by atoms with Gasteiger partial charge in [-0.1, -0.05) is 18.2 Å². The van der Waals surface area contributed by atoms with E-state index < -0.39 is 0 Å². The summed E-state index contributed by atoms with van der Waals surface area (Å²) in [5.41, 5.74) is 3.01. The van der Waals surface area contributed by atoms with E-state index in [1.54, 1.807) is 20.4 Å². The average Bonchev–Trinajstić information content (AvgIpc) is 2.67. The largest absolute Gasteiger partial charge is 0.497 e. The van der Waals surface area contributed by atoms with Crippen LogP contribution in [0.5, 0.6) is 11.5 Å². The average molecular weight is 351 g/mol. The van der Waals surface area contributed by atoms with Crippen LogP contribution < -0.4 is 20.1 Å². The van der Waals surface area contributed by atoms with Crippen molar-refractivity contribution in [2.45, 2.75) is 13.5 Å². The molecule has 0 aliphatic rings. The van der Waals surface area contributed by atoms with Gasteiger partial charge in [-0.2, -0.15) is 10.1 Å². The Balaban J connectivity index is 1.69. The van der Waals surface area contributed by atoms with Crippen LogP contribution in [0.3, 0.4) is 0 Å². The molecule has 1 heterocycles. The minimum Gasteiger partial charge on any atom is -0.497 e. The normalized spacial score (nSPS) is 10.3. The van der Waals surface area contributed by atoms with Gasteiger partial charge in [-0.15, -0.1) is 5.10 Å². The molecule has 1 aromatic heterocycles. The number of anilines is 3. The molecule has 2 N–H and O–H groups in total. The maximum Gasteiger partial charge on any atom is 0.249 e. The number of aryl methyl sites for hydroxylation is 1. The standard InChI is InChI=1S/C19H21N5O2/c1-13-4-9-17(26-3)16(10-13)22-19-23-18(12-21-24-19)20-11-14-5-7-15(25-2)8-6-14/h4-10,12H,11H2,1-3H3,(H2,20,22,23,24). The molecule has 0 bridgehead atoms. The van der Waals surface area contributed by atoms with E-state index in [0.29, 0.717) is 18.3 Å². The third-order valence-corrected chi connectivity index (χ3v) is 3.79. The predicted molar refractivity (Wildman–Crippen MR) is 101 cm³/mol. The third-order valence-electron chi connectivity index (χ3n) is 3.79. The van der Waals surface area contributed by atoms with Crippen LogP contribution in [0.1, 0.15) is 11.1 Å². The van der Waals surface area contributed by atoms with Crippen molar-refractivity contribution in [2.24, 2.45) is 0 Å². The summed E-state index contributed by atoms with van der Waals surface area (Å²) in [6.45, 7) is 2.63. The summed E-state index contributed by atoms with van der Waals surface area (Å²) < 4.78 is 10.5. The van der Waals surface area contributed by atoms with Gasteiger partial charge in [-0.25, -0.2) is 0 Å². The molecular formula is C19H21N5O2. The zero-order valence-electron chi connectivity index (χ0n) is 15.0. The topological polar surface area (TPSA) is 81.2 Å². The first kappa shape index (κ1) is 17.5. The van der Waals surface area contributed by atoms with Gasteiger partial charge in [0.1, 0.15) is 11.5 Å². The number of hydrogen-bond donors (Lipinski definition) is 2. The van der Waals surface area contributed by atoms with Gasteiger partial charge in [-0.3, -0.25) is 0 Å². The second-order valence-corrected chi connectivity index (χ2v) is 5.70. The number of nitrogens with one attached hydrogen (secondary N) is 2. The zero-order valence-corrected chi connectivity index (χ0v) is 15.0. The number of hydrogen-bond acceptors (Lipinski definition) is 7. The lowest BCUT2D eigenvalue weighted by molar-refractivity contribution is 0.414. The van der Waals surface area contributed by atoms with Gasteiger partial charge >= 0.3 is 0 Å². The van der Waals surface area contributed by atoms with Crippen LogP contribution in [0.15, 0.2) is 48.7 Å². The zero-order chi connectivity index (χ0) is 18.4. The summed E-state index contributed by atoms with van der Waals surface area (Å²) >= 11 is 0. The Morgan fingerprint density at radius 3 is 2.54 bits per heavy atom. The highest BCUT2D eigenvalue weighted by atomic mass is 16.5. The highest BCUT2D eigenvalue weighted by Crippen LogP contribution is 2.27. The van der Waals surface area contributed by atoms with Gasteiger partial charge < -0.3 is 20.1 Å². The van der Waals surface area contributed by atoms with Crippen molar-refractivity contribution in [3.05, 3.63) is 59.8 Å². The van der Waals surface area contributed by atoms with Crippen molar-refractivity contribution in [1.29, 1.82) is 0 Å². The summed E-state index contributed by atoms with van der Waals surface area (Å²) in [4.78, 5) is 4.45. The van der Waals surface area contributed by atoms with Crippen LogP contribution >= 0.6 is 0 Å². The summed E-state index contributed by atoms with van der Waals surface area (Å²) in [6, 6.07) is 13.7. The predicted octanol–water partition coefficient (Wildman–Crippen LogP) is 3.55. The van der Waals surface area contributed by atoms with E-state index in [-0.39, 0.29) is 0 Å². The van der Waals surface area contributed by atoms with Crippen molar-refractivity contribution in [1.82, 2.24) is 15.2 Å². The number of methoxy groups -OCH3 is 2. The number of benzene rings is 2. The van der Waals surface area contributed by atoms with Crippen LogP contribution in [-0.4, -0.2) is 29.4 Å². The van der Waals surface area contributed by atoms with Crippen molar-refractivity contribution >= 4 is 17.5 Å². The molecule has 3 aromatic rings. The van der Waals surface area contributed by atoms with E-state index >= 15 is 0 Å². The van der Waals surface area contributed by atoms with Crippen molar-refractivity contribution in [3.8, 4) is 11.5 Å². The van der Waals surface area contributed by atoms with Gasteiger partial charge in [0.2, 0.25) is 5.95 Å². The molecule has 3 rings (SSSR count). The molecule has 7 heteroatoms. The van der Waals surface area contributed by atoms with Crippen molar-refractivity contribution in [2.75, 3.05) is 24.9 Å². The Kier molecular flexibility index (Phi) is 5.48. The van der Waals surface area contributed by atoms with Gasteiger partial charge in [0.15, 0.2) is 5.82 Å². The Morgan fingerprint density at radius 1 is 1.00 bits per heavy atom. The minimum absolute atomic E-state index is 0.397. The molecular weight excluding hydrogens is 330 g/mol. The van der Waals surface area contributed by atoms with Gasteiger partial charge in [0.05, 0.1) is 26.1 Å². The molecule has 26 heavy (non-hydrogen) atoms. The van der Waals surface area contributed by atoms with Gasteiger partial charge in [-0.05, 0) is 42.3 Å². The molecule has 0 unspecified atom stereocenters. The summed E-state index contributed by atoms with van der Waals surface area (Å²) in [5, 5.41) is 14.4. The number of aromatic nitrogens is 3. The first-order valence-electron chi connectivity index (χ1n) is 8.16. The number of ether oxygens (including phenoxy) is 2. The first-order chi connectivity index (χ1) is 12.7. The highest BCUT2D eigenvalue weighted by Gasteiger charge is 2.07. The number of nitrogens with zero attached hydrogens (tertiary/aromatic N) is 3. The molecule has 2 aromatic carbocycles. The minimum atomic E-state index is 0.397. The molecule has 0 saturated carbocycles. The molecule has 0 fully saturated rings. The Hall–Kier alpha value is -3.35. The lowest BCUT2D eigenvalue weighted by Crippen LogP contribution is -2.06. The molecule has 0 aliphatic heterocycles. The smallest absolute Gasteiger partial charge is 0.249 e. The van der Waals surface area contributed by atoms with Crippen LogP contribution in [0, 0.1) is 6.92 Å². The van der Waals surface area contributed by atoms with E-state index in [1.165, 1.54) is 0 Å². The maximum absolute atomic E-state index is 5.36. The molecule has 0 saturated heterocycles. The van der Waals surface area contributed by atoms with Crippen molar-refractivity contribution in [3.63, 3.8) is 0 Å². The van der Waals surface area contributed by atoms with Crippen LogP contribution in [0.25, 0.3) is 0 Å². The van der Waals surface area contributed by atoms with E-state index in [2.05, 4.69) is 25.8 Å². The molecule has 7 nitrogen and oxygen atoms in total. The summed E-state index contributed by atoms with van der Waals surface area (Å²) in [6.07, 6.45) is 1.59. The Morgan fingerprint density at radius 2 is 1.81 bits per heavy atom. The Bertz CT molecular complexity index is 868. The molecule has 0 atom stereocenters. The lowest BCUT2D eigenvalue weighted by Gasteiger charge is -2.11. The van der Waals surface area contributed by atoms with Crippen molar-refractivity contribution < 1.29 is 9.47 Å². The monoisotopic (exact) mass is 351 g/mol. The summed E-state index contributed by atoms with van der Waals surface area (Å²) in [7, 11) is 3.28. The fraction of sp³-hybridized carbons (Fsp3) is 0.211. The fourth-order valence-electron chi connectivity index (χ4n) is 2.42. The molecule has 0 amide bonds. The van der Waals surface area contributed by atoms with Crippen LogP contribution in [0.2, 0.25) is 0 Å². The molecule has 134 valence electrons. The maximum atomic E-state index is 5.36. The first-order valence-corrected chi connectivity index (χ1v) is 8.16. The number of rotatable bonds is 7. The third kappa shape index (κ3) is 4.38. The Labute approximate surface area is 152 Å². The van der Waals surface area contributed by atoms with E-state index in [0.717, 1.165) is 28.3 Å². The lowest BCUT2D eigenvalue weighted by atomic mass is 10.2. The van der Waals surface area contributed by atoms with Gasteiger partial charge in [0.25, 0.3) is 0 Å². The molecule has 0 spiro atoms. The highest BCUT2D eigenvalue weighted by molar-refractivity contribution is 5.63. The SMILES string of the molecule is COc1ccc(CNc2cnnc(Nc3cc(C)ccc3OC)n2)cc1. The van der Waals surface area contributed by atoms with E-state index in [4.69, 9.17) is 9.47 Å². The van der Waals surface area contributed by atoms with Crippen LogP contribution in [0.4, 0.5) is 17.5 Å². The summed E-state index contributed by atoms with van der Waals surface area (Å²) in [5.74, 6) is 2.57. The van der Waals surface area contributed by atoms with Gasteiger partial charge in [0, 0.05) is 6.54 Å². The van der Waals surface area contributed by atoms with Crippen LogP contribution in [-0.2, 0) is 6.54 Å². The fourth-order valence-corrected chi connectivity index (χ4v) is 2.42. The van der Waals surface area contributed by atoms with E-state index in [1.807, 2.05) is 49.4 Å². The van der Waals surface area contributed by atoms with E-state index in [9.17, 15) is 0 Å².